The van der Waals surface area contributed by atoms with E-state index in [9.17, 15) is 4.79 Å². The van der Waals surface area contributed by atoms with Crippen LogP contribution in [0.15, 0.2) is 60.8 Å². The topological polar surface area (TPSA) is 48.1 Å². The minimum Gasteiger partial charge on any atom is -0.361 e. The number of aromatic nitrogens is 1. The first kappa shape index (κ1) is 17.2. The summed E-state index contributed by atoms with van der Waals surface area (Å²) in [5, 5.41) is 4.67. The number of carbonyl (C=O) groups is 1. The monoisotopic (exact) mass is 335 g/mol. The van der Waals surface area contributed by atoms with Gasteiger partial charge in [0.1, 0.15) is 0 Å². The highest BCUT2D eigenvalue weighted by atomic mass is 16.2. The fourth-order valence-electron chi connectivity index (χ4n) is 3.13. The van der Waals surface area contributed by atoms with Gasteiger partial charge in [0.05, 0.1) is 0 Å². The maximum atomic E-state index is 12.4. The number of hydrogen-bond donors (Lipinski definition) is 2. The van der Waals surface area contributed by atoms with Crippen LogP contribution in [-0.4, -0.2) is 30.5 Å². The second-order valence-electron chi connectivity index (χ2n) is 6.08. The van der Waals surface area contributed by atoms with Crippen LogP contribution in [0, 0.1) is 0 Å². The number of H-pyrrole nitrogens is 1. The highest BCUT2D eigenvalue weighted by molar-refractivity contribution is 5.93. The van der Waals surface area contributed by atoms with Gasteiger partial charge in [-0.1, -0.05) is 36.4 Å². The lowest BCUT2D eigenvalue weighted by Gasteiger charge is -2.21. The van der Waals surface area contributed by atoms with E-state index in [1.165, 1.54) is 16.5 Å². The van der Waals surface area contributed by atoms with Gasteiger partial charge < -0.3 is 15.2 Å². The molecule has 4 nitrogen and oxygen atoms in total. The minimum atomic E-state index is 0.160. The molecule has 2 N–H and O–H groups in total. The van der Waals surface area contributed by atoms with E-state index in [2.05, 4.69) is 34.7 Å². The fourth-order valence-corrected chi connectivity index (χ4v) is 3.13. The number of amides is 1. The lowest BCUT2D eigenvalue weighted by molar-refractivity contribution is -0.118. The first-order valence-corrected chi connectivity index (χ1v) is 8.90. The number of fused-ring (bicyclic) bond motifs is 1. The van der Waals surface area contributed by atoms with Crippen LogP contribution >= 0.6 is 0 Å². The third kappa shape index (κ3) is 4.28. The van der Waals surface area contributed by atoms with Gasteiger partial charge in [-0.3, -0.25) is 4.79 Å². The highest BCUT2D eigenvalue weighted by Crippen LogP contribution is 2.17. The number of benzene rings is 2. The lowest BCUT2D eigenvalue weighted by Crippen LogP contribution is -2.33. The molecule has 0 saturated carbocycles. The Labute approximate surface area is 148 Å². The summed E-state index contributed by atoms with van der Waals surface area (Å²) in [6.45, 7) is 4.27. The van der Waals surface area contributed by atoms with Crippen molar-refractivity contribution in [3.05, 3.63) is 66.4 Å². The molecule has 2 aromatic carbocycles. The average Bonchev–Trinajstić information content (AvgIpc) is 3.06. The summed E-state index contributed by atoms with van der Waals surface area (Å²) in [6, 6.07) is 18.2. The summed E-state index contributed by atoms with van der Waals surface area (Å²) in [5.41, 5.74) is 3.46. The number of rotatable bonds is 8. The number of aromatic amines is 1. The molecule has 3 rings (SSSR count). The molecule has 3 aromatic rings. The van der Waals surface area contributed by atoms with Crippen LogP contribution in [0.1, 0.15) is 18.9 Å². The van der Waals surface area contributed by atoms with E-state index in [1.54, 1.807) is 0 Å². The molecule has 4 heteroatoms. The number of nitrogens with zero attached hydrogens (tertiary/aromatic N) is 1. The van der Waals surface area contributed by atoms with Crippen LogP contribution in [0.2, 0.25) is 0 Å². The molecular weight excluding hydrogens is 310 g/mol. The van der Waals surface area contributed by atoms with E-state index in [0.717, 1.165) is 18.7 Å². The zero-order valence-electron chi connectivity index (χ0n) is 14.7. The van der Waals surface area contributed by atoms with Gasteiger partial charge in [-0.05, 0) is 43.7 Å². The number of para-hydroxylation sites is 2. The molecule has 25 heavy (non-hydrogen) atoms. The maximum absolute atomic E-state index is 12.4. The molecule has 1 aromatic heterocycles. The molecule has 0 aliphatic carbocycles. The van der Waals surface area contributed by atoms with Gasteiger partial charge in [-0.25, -0.2) is 0 Å². The van der Waals surface area contributed by atoms with Gasteiger partial charge in [0.25, 0.3) is 0 Å². The molecule has 0 radical (unpaired) electrons. The number of carbonyl (C=O) groups excluding carboxylic acids is 1. The summed E-state index contributed by atoms with van der Waals surface area (Å²) in [5.74, 6) is 0.160. The van der Waals surface area contributed by atoms with Crippen molar-refractivity contribution in [2.75, 3.05) is 24.5 Å². The zero-order chi connectivity index (χ0) is 17.5. The van der Waals surface area contributed by atoms with E-state index in [1.807, 2.05) is 48.2 Å². The standard InChI is InChI=1S/C21H25N3O/c1-2-24(18-8-4-3-5-9-18)21(25)13-15-22-14-12-17-16-23-20-11-7-6-10-19(17)20/h3-11,16,22-23H,2,12-15H2,1H3. The average molecular weight is 335 g/mol. The van der Waals surface area contributed by atoms with Gasteiger partial charge in [-0.15, -0.1) is 0 Å². The maximum Gasteiger partial charge on any atom is 0.228 e. The van der Waals surface area contributed by atoms with Crippen molar-refractivity contribution < 1.29 is 4.79 Å². The van der Waals surface area contributed by atoms with Crippen molar-refractivity contribution in [2.45, 2.75) is 19.8 Å². The molecule has 0 fully saturated rings. The molecule has 0 unspecified atom stereocenters. The van der Waals surface area contributed by atoms with Gasteiger partial charge >= 0.3 is 0 Å². The summed E-state index contributed by atoms with van der Waals surface area (Å²) < 4.78 is 0. The minimum absolute atomic E-state index is 0.160. The molecule has 130 valence electrons. The quantitative estimate of drug-likeness (QED) is 0.616. The van der Waals surface area contributed by atoms with Crippen molar-refractivity contribution in [1.82, 2.24) is 10.3 Å². The van der Waals surface area contributed by atoms with E-state index in [0.29, 0.717) is 19.5 Å². The van der Waals surface area contributed by atoms with Crippen molar-refractivity contribution in [3.8, 4) is 0 Å². The van der Waals surface area contributed by atoms with Crippen molar-refractivity contribution >= 4 is 22.5 Å². The summed E-state index contributed by atoms with van der Waals surface area (Å²) in [7, 11) is 0. The van der Waals surface area contributed by atoms with Gasteiger partial charge in [0, 0.05) is 42.3 Å². The van der Waals surface area contributed by atoms with Crippen molar-refractivity contribution in [3.63, 3.8) is 0 Å². The molecule has 1 amide bonds. The highest BCUT2D eigenvalue weighted by Gasteiger charge is 2.12. The van der Waals surface area contributed by atoms with Crippen LogP contribution in [0.4, 0.5) is 5.69 Å². The Balaban J connectivity index is 1.44. The lowest BCUT2D eigenvalue weighted by atomic mass is 10.1. The molecule has 0 aliphatic heterocycles. The summed E-state index contributed by atoms with van der Waals surface area (Å²) in [6.07, 6.45) is 3.54. The Bertz CT molecular complexity index is 810. The smallest absolute Gasteiger partial charge is 0.228 e. The van der Waals surface area contributed by atoms with E-state index < -0.39 is 0 Å². The van der Waals surface area contributed by atoms with Gasteiger partial charge in [-0.2, -0.15) is 0 Å². The SMILES string of the molecule is CCN(C(=O)CCNCCc1c[nH]c2ccccc12)c1ccccc1. The van der Waals surface area contributed by atoms with E-state index in [4.69, 9.17) is 0 Å². The van der Waals surface area contributed by atoms with E-state index in [-0.39, 0.29) is 5.91 Å². The predicted octanol–water partition coefficient (Wildman–Crippen LogP) is 3.74. The molecule has 0 saturated heterocycles. The van der Waals surface area contributed by atoms with Gasteiger partial charge in [0.2, 0.25) is 5.91 Å². The number of hydrogen-bond acceptors (Lipinski definition) is 2. The van der Waals surface area contributed by atoms with Crippen LogP contribution in [0.3, 0.4) is 0 Å². The Morgan fingerprint density at radius 3 is 2.60 bits per heavy atom. The summed E-state index contributed by atoms with van der Waals surface area (Å²) in [4.78, 5) is 17.6. The Morgan fingerprint density at radius 1 is 1.04 bits per heavy atom. The number of nitrogens with one attached hydrogen (secondary N) is 2. The molecule has 0 aliphatic rings. The normalized spacial score (nSPS) is 10.9. The second-order valence-corrected chi connectivity index (χ2v) is 6.08. The fraction of sp³-hybridized carbons (Fsp3) is 0.286. The van der Waals surface area contributed by atoms with Crippen molar-refractivity contribution in [2.24, 2.45) is 0 Å². The van der Waals surface area contributed by atoms with Gasteiger partial charge in [0.15, 0.2) is 0 Å². The third-order valence-electron chi connectivity index (χ3n) is 4.45. The van der Waals surface area contributed by atoms with Crippen LogP contribution in [-0.2, 0) is 11.2 Å². The summed E-state index contributed by atoms with van der Waals surface area (Å²) >= 11 is 0. The molecular formula is C21H25N3O. The van der Waals surface area contributed by atoms with Crippen LogP contribution in [0.5, 0.6) is 0 Å². The predicted molar refractivity (Wildman–Crippen MR) is 104 cm³/mol. The first-order valence-electron chi connectivity index (χ1n) is 8.90. The van der Waals surface area contributed by atoms with Crippen LogP contribution < -0.4 is 10.2 Å². The Hall–Kier alpha value is -2.59. The van der Waals surface area contributed by atoms with Crippen molar-refractivity contribution in [1.29, 1.82) is 0 Å². The second kappa shape index (κ2) is 8.49. The molecule has 0 spiro atoms. The Morgan fingerprint density at radius 2 is 1.80 bits per heavy atom. The Kier molecular flexibility index (Phi) is 5.86. The number of anilines is 1. The third-order valence-corrected chi connectivity index (χ3v) is 4.45. The molecule has 0 bridgehead atoms. The zero-order valence-corrected chi connectivity index (χ0v) is 14.7. The first-order chi connectivity index (χ1) is 12.3. The van der Waals surface area contributed by atoms with Crippen LogP contribution in [0.25, 0.3) is 10.9 Å². The molecule has 0 atom stereocenters. The molecule has 1 heterocycles. The largest absolute Gasteiger partial charge is 0.361 e. The van der Waals surface area contributed by atoms with E-state index >= 15 is 0 Å².